The van der Waals surface area contributed by atoms with E-state index < -0.39 is 0 Å². The molecule has 0 radical (unpaired) electrons. The molecule has 2 unspecified atom stereocenters. The maximum atomic E-state index is 9.99. The van der Waals surface area contributed by atoms with Gasteiger partial charge < -0.3 is 14.3 Å². The lowest BCUT2D eigenvalue weighted by Gasteiger charge is -2.16. The number of hydrogen-bond acceptors (Lipinski definition) is 3. The van der Waals surface area contributed by atoms with Gasteiger partial charge in [0.2, 0.25) is 0 Å². The van der Waals surface area contributed by atoms with E-state index in [1.807, 2.05) is 0 Å². The summed E-state index contributed by atoms with van der Waals surface area (Å²) in [5, 5.41) is 0. The molecular weight excluding hydrogens is 127 g/mol. The first-order valence-corrected chi connectivity index (χ1v) is 3.60. The maximum absolute atomic E-state index is 9.99. The molecule has 1 aliphatic heterocycles. The molecule has 3 nitrogen and oxygen atoms in total. The third-order valence-electron chi connectivity index (χ3n) is 0.841. The highest BCUT2D eigenvalue weighted by Crippen LogP contribution is 2.22. The molecule has 8 heavy (non-hydrogen) atoms. The molecule has 46 valence electrons. The summed E-state index contributed by atoms with van der Waals surface area (Å²) >= 11 is 0. The monoisotopic (exact) mass is 134 g/mol. The van der Waals surface area contributed by atoms with E-state index in [1.165, 1.54) is 0 Å². The average molecular weight is 134 g/mol. The number of ether oxygens (including phenoxy) is 2. The highest BCUT2D eigenvalue weighted by atomic mass is 31.1. The van der Waals surface area contributed by atoms with Crippen LogP contribution in [-0.2, 0) is 14.3 Å². The van der Waals surface area contributed by atoms with Crippen LogP contribution in [0.25, 0.3) is 0 Å². The average Bonchev–Trinajstić information content (AvgIpc) is 1.90. The molecule has 0 saturated carbocycles. The lowest BCUT2D eigenvalue weighted by atomic mass is 10.8. The Hall–Kier alpha value is 0.0200. The summed E-state index contributed by atoms with van der Waals surface area (Å²) < 4.78 is 9.68. The van der Waals surface area contributed by atoms with Crippen molar-refractivity contribution in [3.63, 3.8) is 0 Å². The highest BCUT2D eigenvalue weighted by Gasteiger charge is 2.10. The van der Waals surface area contributed by atoms with Gasteiger partial charge in [0.1, 0.15) is 12.6 Å². The lowest BCUT2D eigenvalue weighted by molar-refractivity contribution is -0.123. The van der Waals surface area contributed by atoms with E-state index in [0.29, 0.717) is 14.9 Å². The Morgan fingerprint density at radius 3 is 3.00 bits per heavy atom. The number of hydrogen-bond donors (Lipinski definition) is 0. The Morgan fingerprint density at radius 1 is 1.75 bits per heavy atom. The Bertz CT molecular complexity index is 79.4. The molecule has 2 atom stereocenters. The van der Waals surface area contributed by atoms with Crippen LogP contribution in [0.15, 0.2) is 0 Å². The van der Waals surface area contributed by atoms with E-state index in [4.69, 9.17) is 9.47 Å². The van der Waals surface area contributed by atoms with Crippen molar-refractivity contribution in [2.75, 3.05) is 13.1 Å². The van der Waals surface area contributed by atoms with Crippen LogP contribution in [0.3, 0.4) is 0 Å². The maximum Gasteiger partial charge on any atom is 0.152 e. The van der Waals surface area contributed by atoms with Crippen molar-refractivity contribution in [2.24, 2.45) is 0 Å². The van der Waals surface area contributed by atoms with E-state index >= 15 is 0 Å². The Morgan fingerprint density at radius 2 is 2.62 bits per heavy atom. The van der Waals surface area contributed by atoms with Crippen molar-refractivity contribution < 1.29 is 14.3 Å². The van der Waals surface area contributed by atoms with Gasteiger partial charge in [-0.1, -0.05) is 8.58 Å². The van der Waals surface area contributed by atoms with E-state index in [9.17, 15) is 4.79 Å². The van der Waals surface area contributed by atoms with Gasteiger partial charge in [-0.05, 0) is 0 Å². The predicted molar refractivity (Wildman–Crippen MR) is 30.1 cm³/mol. The van der Waals surface area contributed by atoms with Gasteiger partial charge in [-0.25, -0.2) is 0 Å². The zero-order valence-electron chi connectivity index (χ0n) is 4.29. The van der Waals surface area contributed by atoms with E-state index in [0.717, 1.165) is 6.29 Å². The summed E-state index contributed by atoms with van der Waals surface area (Å²) in [6, 6.07) is 0. The zero-order valence-corrected chi connectivity index (χ0v) is 5.29. The van der Waals surface area contributed by atoms with Crippen LogP contribution in [0.1, 0.15) is 0 Å². The Kier molecular flexibility index (Phi) is 2.40. The highest BCUT2D eigenvalue weighted by molar-refractivity contribution is 7.39. The van der Waals surface area contributed by atoms with Crippen LogP contribution >= 0.6 is 8.58 Å². The normalized spacial score (nSPS) is 32.8. The van der Waals surface area contributed by atoms with Crippen molar-refractivity contribution in [3.8, 4) is 0 Å². The minimum absolute atomic E-state index is 0.191. The second-order valence-electron chi connectivity index (χ2n) is 1.39. The number of carbonyl (C=O) groups excluding carboxylic acids is 1. The zero-order chi connectivity index (χ0) is 5.82. The van der Waals surface area contributed by atoms with Crippen molar-refractivity contribution in [3.05, 3.63) is 0 Å². The fraction of sp³-hybridized carbons (Fsp3) is 0.750. The Balaban J connectivity index is 2.22. The second-order valence-corrected chi connectivity index (χ2v) is 2.66. The van der Waals surface area contributed by atoms with Crippen LogP contribution in [0, 0.1) is 0 Å². The molecule has 0 aromatic heterocycles. The molecule has 4 heteroatoms. The lowest BCUT2D eigenvalue weighted by Crippen LogP contribution is -2.17. The third-order valence-corrected chi connectivity index (χ3v) is 1.92. The van der Waals surface area contributed by atoms with Gasteiger partial charge in [0.15, 0.2) is 6.29 Å². The van der Waals surface area contributed by atoms with Gasteiger partial charge in [-0.15, -0.1) is 0 Å². The second kappa shape index (κ2) is 3.13. The standard InChI is InChI=1S/C4H7O3P/c5-1-4-7-2-6-3-8-4/h1,4,8H,2-3H2. The van der Waals surface area contributed by atoms with Gasteiger partial charge in [-0.3, -0.25) is 0 Å². The smallest absolute Gasteiger partial charge is 0.152 e. The molecule has 1 fully saturated rings. The van der Waals surface area contributed by atoms with Crippen LogP contribution in [-0.4, -0.2) is 25.3 Å². The predicted octanol–water partition coefficient (Wildman–Crippen LogP) is 0.152. The molecule has 0 aliphatic carbocycles. The van der Waals surface area contributed by atoms with Crippen LogP contribution in [0.2, 0.25) is 0 Å². The van der Waals surface area contributed by atoms with Crippen LogP contribution in [0.4, 0.5) is 0 Å². The minimum Gasteiger partial charge on any atom is -0.351 e. The first kappa shape index (κ1) is 6.14. The van der Waals surface area contributed by atoms with Crippen molar-refractivity contribution in [2.45, 2.75) is 5.85 Å². The molecule has 0 amide bonds. The van der Waals surface area contributed by atoms with Gasteiger partial charge in [0.05, 0.1) is 6.35 Å². The summed E-state index contributed by atoms with van der Waals surface area (Å²) in [7, 11) is 0.480. The summed E-state index contributed by atoms with van der Waals surface area (Å²) in [5.74, 6) is -0.191. The van der Waals surface area contributed by atoms with Gasteiger partial charge >= 0.3 is 0 Å². The van der Waals surface area contributed by atoms with Gasteiger partial charge in [0.25, 0.3) is 0 Å². The van der Waals surface area contributed by atoms with E-state index in [2.05, 4.69) is 0 Å². The number of carbonyl (C=O) groups is 1. The molecular formula is C4H7O3P. The molecule has 1 aliphatic rings. The quantitative estimate of drug-likeness (QED) is 0.378. The number of aldehydes is 1. The van der Waals surface area contributed by atoms with Crippen molar-refractivity contribution in [1.29, 1.82) is 0 Å². The van der Waals surface area contributed by atoms with Crippen LogP contribution < -0.4 is 0 Å². The molecule has 0 N–H and O–H groups in total. The SMILES string of the molecule is O=CC1OCOCP1. The Labute approximate surface area is 49.1 Å². The summed E-state index contributed by atoms with van der Waals surface area (Å²) in [5.41, 5.74) is 0. The molecule has 0 aromatic rings. The first-order chi connectivity index (χ1) is 3.93. The fourth-order valence-electron chi connectivity index (χ4n) is 0.450. The van der Waals surface area contributed by atoms with E-state index in [-0.39, 0.29) is 12.6 Å². The summed E-state index contributed by atoms with van der Waals surface area (Å²) in [6.07, 6.45) is 1.49. The topological polar surface area (TPSA) is 35.5 Å². The fourth-order valence-corrected chi connectivity index (χ4v) is 1.10. The minimum atomic E-state index is -0.191. The molecule has 0 bridgehead atoms. The van der Waals surface area contributed by atoms with Crippen molar-refractivity contribution >= 4 is 14.9 Å². The van der Waals surface area contributed by atoms with Crippen molar-refractivity contribution in [1.82, 2.24) is 0 Å². The largest absolute Gasteiger partial charge is 0.351 e. The van der Waals surface area contributed by atoms with E-state index in [1.54, 1.807) is 0 Å². The van der Waals surface area contributed by atoms with Gasteiger partial charge in [-0.2, -0.15) is 0 Å². The van der Waals surface area contributed by atoms with Crippen LogP contribution in [0.5, 0.6) is 0 Å². The third kappa shape index (κ3) is 1.51. The summed E-state index contributed by atoms with van der Waals surface area (Å²) in [6.45, 7) is 0.274. The molecule has 0 aromatic carbocycles. The summed E-state index contributed by atoms with van der Waals surface area (Å²) in [4.78, 5) is 9.99. The molecule has 1 rings (SSSR count). The molecule has 1 saturated heterocycles. The number of rotatable bonds is 1. The first-order valence-electron chi connectivity index (χ1n) is 2.31. The van der Waals surface area contributed by atoms with Gasteiger partial charge in [0, 0.05) is 0 Å². The molecule has 1 heterocycles. The molecule has 0 spiro atoms.